The van der Waals surface area contributed by atoms with Gasteiger partial charge in [0.25, 0.3) is 0 Å². The molecular formula is C10H10N2O3. The van der Waals surface area contributed by atoms with E-state index in [-0.39, 0.29) is 17.9 Å². The number of hydrogen-bond acceptors (Lipinski definition) is 4. The third-order valence-corrected chi connectivity index (χ3v) is 1.64. The van der Waals surface area contributed by atoms with E-state index in [1.165, 1.54) is 18.2 Å². The van der Waals surface area contributed by atoms with E-state index in [4.69, 9.17) is 10.4 Å². The molecule has 0 atom stereocenters. The van der Waals surface area contributed by atoms with Crippen molar-refractivity contribution in [3.05, 3.63) is 23.8 Å². The maximum atomic E-state index is 11.1. The summed E-state index contributed by atoms with van der Waals surface area (Å²) in [4.78, 5) is 11.1. The SMILES string of the molecule is CCOC(=O)Nc1ccc(O)cc1C#N. The Morgan fingerprint density at radius 3 is 3.00 bits per heavy atom. The Morgan fingerprint density at radius 1 is 1.67 bits per heavy atom. The fraction of sp³-hybridized carbons (Fsp3) is 0.200. The number of anilines is 1. The van der Waals surface area contributed by atoms with Crippen LogP contribution in [0.2, 0.25) is 0 Å². The van der Waals surface area contributed by atoms with Crippen molar-refractivity contribution >= 4 is 11.8 Å². The van der Waals surface area contributed by atoms with Crippen molar-refractivity contribution in [2.24, 2.45) is 0 Å². The molecule has 0 bridgehead atoms. The zero-order valence-corrected chi connectivity index (χ0v) is 8.15. The first kappa shape index (κ1) is 10.9. The van der Waals surface area contributed by atoms with Crippen molar-refractivity contribution < 1.29 is 14.6 Å². The van der Waals surface area contributed by atoms with Gasteiger partial charge < -0.3 is 9.84 Å². The second kappa shape index (κ2) is 4.86. The van der Waals surface area contributed by atoms with Gasteiger partial charge in [-0.1, -0.05) is 0 Å². The lowest BCUT2D eigenvalue weighted by Crippen LogP contribution is -2.14. The largest absolute Gasteiger partial charge is 0.508 e. The van der Waals surface area contributed by atoms with Crippen LogP contribution in [-0.4, -0.2) is 17.8 Å². The molecule has 0 aromatic heterocycles. The molecule has 1 amide bonds. The number of rotatable bonds is 2. The number of nitriles is 1. The van der Waals surface area contributed by atoms with Crippen LogP contribution in [0.5, 0.6) is 5.75 Å². The monoisotopic (exact) mass is 206 g/mol. The zero-order valence-electron chi connectivity index (χ0n) is 8.15. The first-order valence-corrected chi connectivity index (χ1v) is 4.34. The van der Waals surface area contributed by atoms with Gasteiger partial charge in [-0.05, 0) is 25.1 Å². The summed E-state index contributed by atoms with van der Waals surface area (Å²) in [7, 11) is 0. The van der Waals surface area contributed by atoms with E-state index < -0.39 is 6.09 Å². The highest BCUT2D eigenvalue weighted by atomic mass is 16.5. The molecule has 0 saturated heterocycles. The maximum Gasteiger partial charge on any atom is 0.411 e. The van der Waals surface area contributed by atoms with E-state index in [9.17, 15) is 4.79 Å². The van der Waals surface area contributed by atoms with Crippen molar-refractivity contribution in [3.63, 3.8) is 0 Å². The number of hydrogen-bond donors (Lipinski definition) is 2. The van der Waals surface area contributed by atoms with Crippen LogP contribution in [0, 0.1) is 11.3 Å². The van der Waals surface area contributed by atoms with Gasteiger partial charge in [0.2, 0.25) is 0 Å². The fourth-order valence-corrected chi connectivity index (χ4v) is 1.01. The van der Waals surface area contributed by atoms with E-state index in [0.717, 1.165) is 0 Å². The summed E-state index contributed by atoms with van der Waals surface area (Å²) in [5, 5.41) is 20.2. The molecule has 5 heteroatoms. The first-order valence-electron chi connectivity index (χ1n) is 4.34. The molecule has 0 aliphatic heterocycles. The third kappa shape index (κ3) is 2.88. The van der Waals surface area contributed by atoms with Gasteiger partial charge in [-0.25, -0.2) is 4.79 Å². The third-order valence-electron chi connectivity index (χ3n) is 1.64. The molecular weight excluding hydrogens is 196 g/mol. The Hall–Kier alpha value is -2.22. The highest BCUT2D eigenvalue weighted by Gasteiger charge is 2.07. The number of carbonyl (C=O) groups excluding carboxylic acids is 1. The summed E-state index contributed by atoms with van der Waals surface area (Å²) >= 11 is 0. The molecule has 0 saturated carbocycles. The number of nitrogens with zero attached hydrogens (tertiary/aromatic N) is 1. The van der Waals surface area contributed by atoms with Crippen LogP contribution in [0.25, 0.3) is 0 Å². The standard InChI is InChI=1S/C10H10N2O3/c1-2-15-10(14)12-9-4-3-8(13)5-7(9)6-11/h3-5,13H,2H2,1H3,(H,12,14). The molecule has 0 fully saturated rings. The van der Waals surface area contributed by atoms with E-state index in [1.807, 2.05) is 6.07 Å². The van der Waals surface area contributed by atoms with Gasteiger partial charge in [0.05, 0.1) is 17.9 Å². The fourth-order valence-electron chi connectivity index (χ4n) is 1.01. The average Bonchev–Trinajstić information content (AvgIpc) is 2.21. The van der Waals surface area contributed by atoms with Crippen LogP contribution in [-0.2, 0) is 4.74 Å². The number of benzene rings is 1. The molecule has 1 aromatic rings. The van der Waals surface area contributed by atoms with Gasteiger partial charge in [-0.15, -0.1) is 0 Å². The van der Waals surface area contributed by atoms with Crippen molar-refractivity contribution in [3.8, 4) is 11.8 Å². The Labute approximate surface area is 86.9 Å². The second-order valence-corrected chi connectivity index (χ2v) is 2.69. The number of aromatic hydroxyl groups is 1. The molecule has 0 unspecified atom stereocenters. The summed E-state index contributed by atoms with van der Waals surface area (Å²) in [6, 6.07) is 5.93. The quantitative estimate of drug-likeness (QED) is 0.723. The lowest BCUT2D eigenvalue weighted by atomic mass is 10.2. The Balaban J connectivity index is 2.86. The van der Waals surface area contributed by atoms with Gasteiger partial charge >= 0.3 is 6.09 Å². The summed E-state index contributed by atoms with van der Waals surface area (Å²) in [5.74, 6) is -0.0269. The molecule has 1 aromatic carbocycles. The molecule has 2 N–H and O–H groups in total. The topological polar surface area (TPSA) is 82.3 Å². The number of ether oxygens (including phenoxy) is 1. The van der Waals surface area contributed by atoms with Crippen molar-refractivity contribution in [2.45, 2.75) is 6.92 Å². The van der Waals surface area contributed by atoms with Crippen LogP contribution in [0.4, 0.5) is 10.5 Å². The predicted molar refractivity (Wildman–Crippen MR) is 53.5 cm³/mol. The molecule has 15 heavy (non-hydrogen) atoms. The van der Waals surface area contributed by atoms with Crippen LogP contribution >= 0.6 is 0 Å². The number of phenols is 1. The molecule has 0 spiro atoms. The molecule has 0 aliphatic rings. The van der Waals surface area contributed by atoms with E-state index in [0.29, 0.717) is 5.69 Å². The van der Waals surface area contributed by atoms with E-state index in [1.54, 1.807) is 6.92 Å². The predicted octanol–water partition coefficient (Wildman–Crippen LogP) is 1.83. The number of carbonyl (C=O) groups is 1. The van der Waals surface area contributed by atoms with Gasteiger partial charge in [0.1, 0.15) is 11.8 Å². The minimum absolute atomic E-state index is 0.0269. The molecule has 5 nitrogen and oxygen atoms in total. The number of nitrogens with one attached hydrogen (secondary N) is 1. The normalized spacial score (nSPS) is 9.07. The van der Waals surface area contributed by atoms with Gasteiger partial charge in [0, 0.05) is 0 Å². The Kier molecular flexibility index (Phi) is 3.52. The molecule has 78 valence electrons. The van der Waals surface area contributed by atoms with Crippen LogP contribution in [0.15, 0.2) is 18.2 Å². The summed E-state index contributed by atoms with van der Waals surface area (Å²) in [6.07, 6.45) is -0.625. The zero-order chi connectivity index (χ0) is 11.3. The van der Waals surface area contributed by atoms with Crippen LogP contribution in [0.1, 0.15) is 12.5 Å². The highest BCUT2D eigenvalue weighted by molar-refractivity contribution is 5.86. The molecule has 1 rings (SSSR count). The van der Waals surface area contributed by atoms with Crippen molar-refractivity contribution in [2.75, 3.05) is 11.9 Å². The van der Waals surface area contributed by atoms with Gasteiger partial charge in [-0.3, -0.25) is 5.32 Å². The van der Waals surface area contributed by atoms with E-state index >= 15 is 0 Å². The minimum atomic E-state index is -0.625. The first-order chi connectivity index (χ1) is 7.17. The Bertz CT molecular complexity index is 410. The van der Waals surface area contributed by atoms with Gasteiger partial charge in [-0.2, -0.15) is 5.26 Å². The summed E-state index contributed by atoms with van der Waals surface area (Å²) < 4.78 is 4.65. The highest BCUT2D eigenvalue weighted by Crippen LogP contribution is 2.20. The summed E-state index contributed by atoms with van der Waals surface area (Å²) in [6.45, 7) is 1.94. The minimum Gasteiger partial charge on any atom is -0.508 e. The second-order valence-electron chi connectivity index (χ2n) is 2.69. The lowest BCUT2D eigenvalue weighted by molar-refractivity contribution is 0.168. The smallest absolute Gasteiger partial charge is 0.411 e. The lowest BCUT2D eigenvalue weighted by Gasteiger charge is -2.06. The maximum absolute atomic E-state index is 11.1. The average molecular weight is 206 g/mol. The summed E-state index contributed by atoms with van der Waals surface area (Å²) in [5.41, 5.74) is 0.497. The van der Waals surface area contributed by atoms with E-state index in [2.05, 4.69) is 10.1 Å². The van der Waals surface area contributed by atoms with Gasteiger partial charge in [0.15, 0.2) is 0 Å². The number of amides is 1. The molecule has 0 radical (unpaired) electrons. The molecule has 0 heterocycles. The van der Waals surface area contributed by atoms with Crippen molar-refractivity contribution in [1.29, 1.82) is 5.26 Å². The Morgan fingerprint density at radius 2 is 2.40 bits per heavy atom. The number of phenolic OH excluding ortho intramolecular Hbond substituents is 1. The van der Waals surface area contributed by atoms with Crippen molar-refractivity contribution in [1.82, 2.24) is 0 Å². The van der Waals surface area contributed by atoms with Crippen LogP contribution < -0.4 is 5.32 Å². The molecule has 0 aliphatic carbocycles. The van der Waals surface area contributed by atoms with Crippen LogP contribution in [0.3, 0.4) is 0 Å².